The molecule has 0 atom stereocenters. The lowest BCUT2D eigenvalue weighted by atomic mass is 10.1. The van der Waals surface area contributed by atoms with Crippen molar-refractivity contribution in [1.29, 1.82) is 0 Å². The number of nitro groups is 1. The Morgan fingerprint density at radius 2 is 1.96 bits per heavy atom. The smallest absolute Gasteiger partial charge is 0.293 e. The van der Waals surface area contributed by atoms with Crippen molar-refractivity contribution >= 4 is 28.1 Å². The molecule has 0 aliphatic carbocycles. The summed E-state index contributed by atoms with van der Waals surface area (Å²) in [6, 6.07) is 10.6. The summed E-state index contributed by atoms with van der Waals surface area (Å²) in [6.45, 7) is 3.14. The first-order chi connectivity index (χ1) is 13.6. The molecule has 3 rings (SSSR count). The number of ether oxygens (including phenoxy) is 1. The highest BCUT2D eigenvalue weighted by Crippen LogP contribution is 2.32. The third-order valence-corrected chi connectivity index (χ3v) is 4.06. The molecule has 0 spiro atoms. The van der Waals surface area contributed by atoms with Crippen molar-refractivity contribution in [2.75, 3.05) is 30.4 Å². The summed E-state index contributed by atoms with van der Waals surface area (Å²) in [4.78, 5) is 19.5. The van der Waals surface area contributed by atoms with Crippen LogP contribution in [0.2, 0.25) is 0 Å². The van der Waals surface area contributed by atoms with E-state index in [0.717, 1.165) is 5.56 Å². The molecule has 1 aromatic heterocycles. The Morgan fingerprint density at radius 1 is 1.18 bits per heavy atom. The molecule has 0 aliphatic rings. The Morgan fingerprint density at radius 3 is 2.64 bits per heavy atom. The van der Waals surface area contributed by atoms with Gasteiger partial charge < -0.3 is 20.5 Å². The molecule has 28 heavy (non-hydrogen) atoms. The van der Waals surface area contributed by atoms with Gasteiger partial charge in [0.1, 0.15) is 30.2 Å². The number of hydrogen-bond donors (Lipinski definition) is 3. The molecule has 0 fully saturated rings. The Balaban J connectivity index is 1.82. The van der Waals surface area contributed by atoms with Gasteiger partial charge in [0.05, 0.1) is 17.0 Å². The number of nitrogens with zero attached hydrogens (tertiary/aromatic N) is 3. The summed E-state index contributed by atoms with van der Waals surface area (Å²) in [5.74, 6) is 1.20. The molecule has 1 heterocycles. The predicted octanol–water partition coefficient (Wildman–Crippen LogP) is 2.95. The third kappa shape index (κ3) is 4.44. The number of nitro benzene ring substituents is 1. The van der Waals surface area contributed by atoms with E-state index in [9.17, 15) is 10.1 Å². The lowest BCUT2D eigenvalue weighted by Gasteiger charge is -2.11. The summed E-state index contributed by atoms with van der Waals surface area (Å²) < 4.78 is 5.34. The molecule has 0 amide bonds. The van der Waals surface area contributed by atoms with Crippen LogP contribution in [0.4, 0.5) is 17.2 Å². The number of nitrogens with one attached hydrogen (secondary N) is 2. The second-order valence-corrected chi connectivity index (χ2v) is 5.97. The van der Waals surface area contributed by atoms with Crippen LogP contribution < -0.4 is 15.4 Å². The van der Waals surface area contributed by atoms with Crippen LogP contribution >= 0.6 is 0 Å². The van der Waals surface area contributed by atoms with Crippen LogP contribution in [0.5, 0.6) is 5.75 Å². The quantitative estimate of drug-likeness (QED) is 0.381. The molecular weight excluding hydrogens is 362 g/mol. The number of fused-ring (bicyclic) bond motifs is 1. The molecule has 9 nitrogen and oxygen atoms in total. The fourth-order valence-corrected chi connectivity index (χ4v) is 2.77. The highest BCUT2D eigenvalue weighted by Gasteiger charge is 2.17. The van der Waals surface area contributed by atoms with E-state index in [2.05, 4.69) is 20.6 Å². The molecule has 0 saturated carbocycles. The average Bonchev–Trinajstić information content (AvgIpc) is 2.71. The van der Waals surface area contributed by atoms with Gasteiger partial charge in [-0.15, -0.1) is 0 Å². The van der Waals surface area contributed by atoms with Gasteiger partial charge in [0.15, 0.2) is 0 Å². The van der Waals surface area contributed by atoms with Crippen LogP contribution in [-0.4, -0.2) is 39.8 Å². The van der Waals surface area contributed by atoms with Crippen molar-refractivity contribution in [2.24, 2.45) is 0 Å². The Bertz CT molecular complexity index is 962. The number of hydrogen-bond acceptors (Lipinski definition) is 8. The van der Waals surface area contributed by atoms with Crippen LogP contribution in [0, 0.1) is 10.1 Å². The zero-order chi connectivity index (χ0) is 19.9. The van der Waals surface area contributed by atoms with Gasteiger partial charge in [-0.3, -0.25) is 10.1 Å². The Labute approximate surface area is 161 Å². The second kappa shape index (κ2) is 8.96. The van der Waals surface area contributed by atoms with Crippen molar-refractivity contribution in [1.82, 2.24) is 9.97 Å². The monoisotopic (exact) mass is 383 g/mol. The molecule has 2 aromatic carbocycles. The first kappa shape index (κ1) is 19.3. The predicted molar refractivity (Wildman–Crippen MR) is 107 cm³/mol. The molecule has 0 unspecified atom stereocenters. The van der Waals surface area contributed by atoms with Crippen LogP contribution in [0.3, 0.4) is 0 Å². The standard InChI is InChI=1S/C19H21N5O4/c1-2-20-17-10-16-15(9-18(17)24(26)27)19(23-12-22-16)21-11-13-3-5-14(6-4-13)28-8-7-25/h3-6,9-10,12,20,25H,2,7-8,11H2,1H3,(H,21,22,23). The number of aliphatic hydroxyl groups excluding tert-OH is 1. The van der Waals surface area contributed by atoms with Gasteiger partial charge in [0.25, 0.3) is 5.69 Å². The van der Waals surface area contributed by atoms with Crippen LogP contribution in [-0.2, 0) is 6.54 Å². The zero-order valence-corrected chi connectivity index (χ0v) is 15.4. The SMILES string of the molecule is CCNc1cc2ncnc(NCc3ccc(OCCO)cc3)c2cc1[N+](=O)[O-]. The highest BCUT2D eigenvalue weighted by atomic mass is 16.6. The lowest BCUT2D eigenvalue weighted by Crippen LogP contribution is -2.05. The summed E-state index contributed by atoms with van der Waals surface area (Å²) in [5.41, 5.74) is 2.02. The maximum atomic E-state index is 11.4. The first-order valence-corrected chi connectivity index (χ1v) is 8.86. The molecule has 9 heteroatoms. The summed E-state index contributed by atoms with van der Waals surface area (Å²) in [6.07, 6.45) is 1.43. The van der Waals surface area contributed by atoms with Gasteiger partial charge in [-0.05, 0) is 30.7 Å². The van der Waals surface area contributed by atoms with Gasteiger partial charge in [-0.2, -0.15) is 0 Å². The minimum Gasteiger partial charge on any atom is -0.491 e. The lowest BCUT2D eigenvalue weighted by molar-refractivity contribution is -0.383. The topological polar surface area (TPSA) is 122 Å². The molecule has 0 radical (unpaired) electrons. The van der Waals surface area contributed by atoms with Gasteiger partial charge in [-0.25, -0.2) is 9.97 Å². The van der Waals surface area contributed by atoms with E-state index in [-0.39, 0.29) is 18.9 Å². The number of anilines is 2. The zero-order valence-electron chi connectivity index (χ0n) is 15.4. The van der Waals surface area contributed by atoms with Gasteiger partial charge in [0.2, 0.25) is 0 Å². The van der Waals surface area contributed by atoms with E-state index in [1.165, 1.54) is 12.4 Å². The normalized spacial score (nSPS) is 10.6. The highest BCUT2D eigenvalue weighted by molar-refractivity contribution is 5.94. The van der Waals surface area contributed by atoms with E-state index in [1.54, 1.807) is 6.07 Å². The number of benzene rings is 2. The van der Waals surface area contributed by atoms with Gasteiger partial charge >= 0.3 is 0 Å². The summed E-state index contributed by atoms with van der Waals surface area (Å²) >= 11 is 0. The molecule has 0 bridgehead atoms. The van der Waals surface area contributed by atoms with Crippen LogP contribution in [0.15, 0.2) is 42.7 Å². The third-order valence-electron chi connectivity index (χ3n) is 4.06. The number of aliphatic hydroxyl groups is 1. The van der Waals surface area contributed by atoms with Gasteiger partial charge in [0, 0.05) is 24.5 Å². The molecular formula is C19H21N5O4. The minimum absolute atomic E-state index is 0.0161. The summed E-state index contributed by atoms with van der Waals surface area (Å²) in [7, 11) is 0. The Kier molecular flexibility index (Phi) is 6.18. The van der Waals surface area contributed by atoms with Crippen molar-refractivity contribution < 1.29 is 14.8 Å². The number of aromatic nitrogens is 2. The molecule has 3 aromatic rings. The number of rotatable bonds is 9. The summed E-state index contributed by atoms with van der Waals surface area (Å²) in [5, 5.41) is 27.0. The van der Waals surface area contributed by atoms with Crippen molar-refractivity contribution in [3.63, 3.8) is 0 Å². The average molecular weight is 383 g/mol. The van der Waals surface area contributed by atoms with Crippen LogP contribution in [0.1, 0.15) is 12.5 Å². The van der Waals surface area contributed by atoms with Crippen molar-refractivity contribution in [2.45, 2.75) is 13.5 Å². The Hall–Kier alpha value is -3.46. The molecule has 0 aliphatic heterocycles. The molecule has 146 valence electrons. The maximum absolute atomic E-state index is 11.4. The molecule has 3 N–H and O–H groups in total. The first-order valence-electron chi connectivity index (χ1n) is 8.86. The van der Waals surface area contributed by atoms with Gasteiger partial charge in [-0.1, -0.05) is 12.1 Å². The van der Waals surface area contributed by atoms with E-state index < -0.39 is 4.92 Å². The van der Waals surface area contributed by atoms with E-state index >= 15 is 0 Å². The van der Waals surface area contributed by atoms with Crippen LogP contribution in [0.25, 0.3) is 10.9 Å². The largest absolute Gasteiger partial charge is 0.491 e. The molecule has 0 saturated heterocycles. The fraction of sp³-hybridized carbons (Fsp3) is 0.263. The fourth-order valence-electron chi connectivity index (χ4n) is 2.77. The van der Waals surface area contributed by atoms with E-state index in [4.69, 9.17) is 9.84 Å². The second-order valence-electron chi connectivity index (χ2n) is 5.97. The van der Waals surface area contributed by atoms with E-state index in [0.29, 0.717) is 41.2 Å². The van der Waals surface area contributed by atoms with E-state index in [1.807, 2.05) is 31.2 Å². The van der Waals surface area contributed by atoms with Crippen molar-refractivity contribution in [3.05, 3.63) is 58.4 Å². The maximum Gasteiger partial charge on any atom is 0.293 e. The van der Waals surface area contributed by atoms with Crippen molar-refractivity contribution in [3.8, 4) is 5.75 Å². The minimum atomic E-state index is -0.417.